The summed E-state index contributed by atoms with van der Waals surface area (Å²) < 4.78 is 11.6. The lowest BCUT2D eigenvalue weighted by Gasteiger charge is -2.29. The fourth-order valence-corrected chi connectivity index (χ4v) is 3.08. The van der Waals surface area contributed by atoms with Crippen LogP contribution in [0, 0.1) is 5.92 Å². The van der Waals surface area contributed by atoms with Crippen LogP contribution in [0.4, 0.5) is 0 Å². The van der Waals surface area contributed by atoms with Crippen molar-refractivity contribution >= 4 is 5.97 Å². The molecule has 0 aliphatic carbocycles. The first-order chi connectivity index (χ1) is 11.7. The zero-order valence-electron chi connectivity index (χ0n) is 14.7. The summed E-state index contributed by atoms with van der Waals surface area (Å²) in [6, 6.07) is 6.72. The average Bonchev–Trinajstić information content (AvgIpc) is 2.61. The van der Waals surface area contributed by atoms with E-state index >= 15 is 0 Å². The molecule has 4 nitrogen and oxygen atoms in total. The molecule has 1 aliphatic heterocycles. The van der Waals surface area contributed by atoms with E-state index in [1.165, 1.54) is 51.4 Å². The van der Waals surface area contributed by atoms with Crippen LogP contribution in [0.3, 0.4) is 0 Å². The third-order valence-corrected chi connectivity index (χ3v) is 4.61. The molecule has 0 bridgehead atoms. The van der Waals surface area contributed by atoms with Crippen LogP contribution in [-0.4, -0.2) is 24.3 Å². The van der Waals surface area contributed by atoms with Gasteiger partial charge in [-0.05, 0) is 18.6 Å². The molecular weight excluding hydrogens is 304 g/mol. The van der Waals surface area contributed by atoms with Gasteiger partial charge in [-0.25, -0.2) is 4.79 Å². The Kier molecular flexibility index (Phi) is 8.26. The third-order valence-electron chi connectivity index (χ3n) is 4.61. The van der Waals surface area contributed by atoms with Gasteiger partial charge in [0.15, 0.2) is 6.29 Å². The molecule has 1 aromatic carbocycles. The predicted molar refractivity (Wildman–Crippen MR) is 94.1 cm³/mol. The van der Waals surface area contributed by atoms with Crippen LogP contribution in [-0.2, 0) is 9.47 Å². The summed E-state index contributed by atoms with van der Waals surface area (Å²) in [6.07, 6.45) is 10.1. The van der Waals surface area contributed by atoms with Crippen LogP contribution >= 0.6 is 0 Å². The zero-order valence-corrected chi connectivity index (χ0v) is 14.7. The molecule has 1 N–H and O–H groups in total. The molecule has 2 rings (SSSR count). The van der Waals surface area contributed by atoms with Crippen molar-refractivity contribution in [3.63, 3.8) is 0 Å². The molecule has 0 unspecified atom stereocenters. The van der Waals surface area contributed by atoms with E-state index in [1.54, 1.807) is 24.3 Å². The summed E-state index contributed by atoms with van der Waals surface area (Å²) in [6.45, 7) is 3.69. The van der Waals surface area contributed by atoms with Crippen LogP contribution in [0.2, 0.25) is 0 Å². The van der Waals surface area contributed by atoms with Gasteiger partial charge in [0.25, 0.3) is 0 Å². The second kappa shape index (κ2) is 10.5. The lowest BCUT2D eigenvalue weighted by atomic mass is 10.0. The first kappa shape index (κ1) is 18.9. The van der Waals surface area contributed by atoms with Crippen LogP contribution in [0.25, 0.3) is 0 Å². The van der Waals surface area contributed by atoms with Crippen molar-refractivity contribution in [2.75, 3.05) is 13.2 Å². The highest BCUT2D eigenvalue weighted by Gasteiger charge is 2.23. The van der Waals surface area contributed by atoms with Gasteiger partial charge in [0.05, 0.1) is 18.8 Å². The van der Waals surface area contributed by atoms with Gasteiger partial charge in [0.1, 0.15) is 0 Å². The predicted octanol–water partition coefficient (Wildman–Crippen LogP) is 5.19. The topological polar surface area (TPSA) is 55.8 Å². The Morgan fingerprint density at radius 2 is 1.58 bits per heavy atom. The van der Waals surface area contributed by atoms with Gasteiger partial charge in [-0.3, -0.25) is 0 Å². The summed E-state index contributed by atoms with van der Waals surface area (Å²) in [7, 11) is 0. The largest absolute Gasteiger partial charge is 0.478 e. The molecule has 1 heterocycles. The molecular formula is C20H30O4. The van der Waals surface area contributed by atoms with Crippen molar-refractivity contribution in [3.8, 4) is 0 Å². The van der Waals surface area contributed by atoms with Crippen molar-refractivity contribution in [2.24, 2.45) is 5.92 Å². The Labute approximate surface area is 145 Å². The maximum atomic E-state index is 10.9. The molecule has 1 saturated heterocycles. The second-order valence-electron chi connectivity index (χ2n) is 6.70. The number of ether oxygens (including phenoxy) is 2. The van der Waals surface area contributed by atoms with E-state index in [2.05, 4.69) is 6.92 Å². The molecule has 0 atom stereocenters. The Morgan fingerprint density at radius 3 is 2.17 bits per heavy atom. The van der Waals surface area contributed by atoms with Crippen molar-refractivity contribution in [1.29, 1.82) is 0 Å². The molecule has 0 amide bonds. The molecule has 1 fully saturated rings. The lowest BCUT2D eigenvalue weighted by Crippen LogP contribution is -2.27. The Bertz CT molecular complexity index is 475. The highest BCUT2D eigenvalue weighted by Crippen LogP contribution is 2.27. The van der Waals surface area contributed by atoms with Gasteiger partial charge >= 0.3 is 5.97 Å². The minimum absolute atomic E-state index is 0.284. The first-order valence-corrected chi connectivity index (χ1v) is 9.27. The molecule has 1 aromatic rings. The number of carboxylic acid groups (broad SMARTS) is 1. The van der Waals surface area contributed by atoms with Crippen LogP contribution in [0.15, 0.2) is 24.3 Å². The van der Waals surface area contributed by atoms with Gasteiger partial charge in [0, 0.05) is 11.5 Å². The van der Waals surface area contributed by atoms with Crippen molar-refractivity contribution in [1.82, 2.24) is 0 Å². The third kappa shape index (κ3) is 6.25. The van der Waals surface area contributed by atoms with E-state index in [9.17, 15) is 4.79 Å². The van der Waals surface area contributed by atoms with Crippen LogP contribution < -0.4 is 0 Å². The molecule has 24 heavy (non-hydrogen) atoms. The number of hydrogen-bond donors (Lipinski definition) is 1. The molecule has 4 heteroatoms. The van der Waals surface area contributed by atoms with Gasteiger partial charge < -0.3 is 14.6 Å². The second-order valence-corrected chi connectivity index (χ2v) is 6.70. The summed E-state index contributed by atoms with van der Waals surface area (Å²) >= 11 is 0. The molecule has 0 saturated carbocycles. The number of carboxylic acids is 1. The van der Waals surface area contributed by atoms with Gasteiger partial charge in [-0.1, -0.05) is 64.0 Å². The molecule has 0 aromatic heterocycles. The van der Waals surface area contributed by atoms with E-state index in [1.807, 2.05) is 0 Å². The van der Waals surface area contributed by atoms with E-state index in [0.717, 1.165) is 18.8 Å². The van der Waals surface area contributed by atoms with Gasteiger partial charge in [-0.15, -0.1) is 0 Å². The molecule has 134 valence electrons. The quantitative estimate of drug-likeness (QED) is 0.598. The fraction of sp³-hybridized carbons (Fsp3) is 0.650. The summed E-state index contributed by atoms with van der Waals surface area (Å²) in [5.41, 5.74) is 1.17. The summed E-state index contributed by atoms with van der Waals surface area (Å²) in [4.78, 5) is 10.9. The van der Waals surface area contributed by atoms with Crippen LogP contribution in [0.5, 0.6) is 0 Å². The zero-order chi connectivity index (χ0) is 17.2. The number of unbranched alkanes of at least 4 members (excludes halogenated alkanes) is 6. The fourth-order valence-electron chi connectivity index (χ4n) is 3.08. The number of aromatic carboxylic acids is 1. The van der Waals surface area contributed by atoms with Gasteiger partial charge in [-0.2, -0.15) is 0 Å². The molecule has 1 aliphatic rings. The summed E-state index contributed by atoms with van der Waals surface area (Å²) in [5, 5.41) is 8.92. The van der Waals surface area contributed by atoms with E-state index in [0.29, 0.717) is 5.92 Å². The highest BCUT2D eigenvalue weighted by molar-refractivity contribution is 5.87. The maximum Gasteiger partial charge on any atom is 0.335 e. The smallest absolute Gasteiger partial charge is 0.335 e. The number of rotatable bonds is 10. The standard InChI is InChI=1S/C20H30O4/c1-2-3-4-5-6-7-8-9-16-14-23-20(24-15-16)18-12-10-17(11-13-18)19(21)22/h10-13,16,20H,2-9,14-15H2,1H3,(H,21,22)/t16-,20-. The molecule has 0 radical (unpaired) electrons. The molecule has 0 spiro atoms. The summed E-state index contributed by atoms with van der Waals surface area (Å²) in [5.74, 6) is -0.433. The SMILES string of the molecule is CCCCCCCCC[C@H]1CO[C@H](c2ccc(C(=O)O)cc2)OC1. The highest BCUT2D eigenvalue weighted by atomic mass is 16.7. The number of benzene rings is 1. The first-order valence-electron chi connectivity index (χ1n) is 9.27. The van der Waals surface area contributed by atoms with Gasteiger partial charge in [0.2, 0.25) is 0 Å². The number of hydrogen-bond acceptors (Lipinski definition) is 3. The van der Waals surface area contributed by atoms with Crippen molar-refractivity contribution < 1.29 is 19.4 Å². The Balaban J connectivity index is 1.62. The number of carbonyl (C=O) groups is 1. The van der Waals surface area contributed by atoms with E-state index in [4.69, 9.17) is 14.6 Å². The van der Waals surface area contributed by atoms with E-state index in [-0.39, 0.29) is 11.9 Å². The van der Waals surface area contributed by atoms with Crippen molar-refractivity contribution in [3.05, 3.63) is 35.4 Å². The lowest BCUT2D eigenvalue weighted by molar-refractivity contribution is -0.206. The Hall–Kier alpha value is -1.39. The monoisotopic (exact) mass is 334 g/mol. The van der Waals surface area contributed by atoms with Crippen molar-refractivity contribution in [2.45, 2.75) is 64.6 Å². The minimum atomic E-state index is -0.915. The minimum Gasteiger partial charge on any atom is -0.478 e. The Morgan fingerprint density at radius 1 is 1.00 bits per heavy atom. The van der Waals surface area contributed by atoms with E-state index < -0.39 is 5.97 Å². The van der Waals surface area contributed by atoms with Crippen LogP contribution in [0.1, 0.15) is 80.5 Å². The maximum absolute atomic E-state index is 10.9. The normalized spacial score (nSPS) is 20.9. The average molecular weight is 334 g/mol.